The Morgan fingerprint density at radius 1 is 1.17 bits per heavy atom. The van der Waals surface area contributed by atoms with Gasteiger partial charge in [-0.05, 0) is 12.1 Å². The molecule has 2 aromatic rings. The summed E-state index contributed by atoms with van der Waals surface area (Å²) in [6, 6.07) is 11.5. The number of halogens is 2. The number of nitrogens with one attached hydrogen (secondary N) is 1. The largest absolute Gasteiger partial charge is 0.386 e. The van der Waals surface area contributed by atoms with Crippen molar-refractivity contribution in [2.45, 2.75) is 19.1 Å². The van der Waals surface area contributed by atoms with E-state index in [1.807, 2.05) is 36.4 Å². The van der Waals surface area contributed by atoms with E-state index in [2.05, 4.69) is 10.3 Å². The molecule has 2 rings (SSSR count). The maximum Gasteiger partial charge on any atom is 0.265 e. The van der Waals surface area contributed by atoms with Crippen LogP contribution in [0.15, 0.2) is 36.4 Å². The van der Waals surface area contributed by atoms with Gasteiger partial charge in [-0.3, -0.25) is 4.98 Å². The van der Waals surface area contributed by atoms with Crippen LogP contribution >= 0.6 is 0 Å². The van der Waals surface area contributed by atoms with Gasteiger partial charge in [0.15, 0.2) is 0 Å². The number of para-hydroxylation sites is 1. The number of aromatic nitrogens is 1. The summed E-state index contributed by atoms with van der Waals surface area (Å²) in [5.41, 5.74) is 1.63. The first-order valence-corrected chi connectivity index (χ1v) is 5.68. The summed E-state index contributed by atoms with van der Waals surface area (Å²) in [7, 11) is 0. The molecule has 0 bridgehead atoms. The molecule has 18 heavy (non-hydrogen) atoms. The van der Waals surface area contributed by atoms with Crippen molar-refractivity contribution in [1.29, 1.82) is 0 Å². The van der Waals surface area contributed by atoms with Crippen LogP contribution in [0.25, 0.3) is 10.9 Å². The van der Waals surface area contributed by atoms with E-state index in [-0.39, 0.29) is 6.54 Å². The monoisotopic (exact) mass is 252 g/mol. The van der Waals surface area contributed by atoms with Crippen LogP contribution in [0.5, 0.6) is 0 Å². The van der Waals surface area contributed by atoms with Gasteiger partial charge < -0.3 is 10.4 Å². The van der Waals surface area contributed by atoms with Gasteiger partial charge in [0.05, 0.1) is 11.2 Å². The fraction of sp³-hybridized carbons (Fsp3) is 0.308. The molecule has 0 aliphatic heterocycles. The summed E-state index contributed by atoms with van der Waals surface area (Å²) in [5.74, 6) is 0. The van der Waals surface area contributed by atoms with Gasteiger partial charge in [-0.25, -0.2) is 8.78 Å². The van der Waals surface area contributed by atoms with Crippen molar-refractivity contribution in [2.24, 2.45) is 0 Å². The number of hydrogen-bond acceptors (Lipinski definition) is 3. The molecule has 2 N–H and O–H groups in total. The van der Waals surface area contributed by atoms with E-state index in [1.54, 1.807) is 0 Å². The number of rotatable bonds is 5. The van der Waals surface area contributed by atoms with Crippen LogP contribution in [0.4, 0.5) is 8.78 Å². The standard InChI is InChI=1S/C13H14F2N2O/c14-13(15)12(18)8-16-7-10-6-5-9-3-1-2-4-11(9)17-10/h1-6,12-13,16,18H,7-8H2. The number of pyridine rings is 1. The lowest BCUT2D eigenvalue weighted by Gasteiger charge is -2.10. The molecule has 0 amide bonds. The van der Waals surface area contributed by atoms with E-state index in [0.29, 0.717) is 6.54 Å². The zero-order valence-corrected chi connectivity index (χ0v) is 9.68. The van der Waals surface area contributed by atoms with Gasteiger partial charge in [0.2, 0.25) is 0 Å². The maximum absolute atomic E-state index is 12.1. The zero-order chi connectivity index (χ0) is 13.0. The fourth-order valence-corrected chi connectivity index (χ4v) is 1.64. The van der Waals surface area contributed by atoms with Crippen LogP contribution < -0.4 is 5.32 Å². The minimum absolute atomic E-state index is 0.147. The third-order valence-corrected chi connectivity index (χ3v) is 2.61. The number of aliphatic hydroxyl groups excluding tert-OH is 1. The Bertz CT molecular complexity index is 519. The lowest BCUT2D eigenvalue weighted by molar-refractivity contribution is -0.00344. The molecule has 5 heteroatoms. The van der Waals surface area contributed by atoms with Crippen LogP contribution in [0.2, 0.25) is 0 Å². The van der Waals surface area contributed by atoms with E-state index in [1.165, 1.54) is 0 Å². The quantitative estimate of drug-likeness (QED) is 0.855. The van der Waals surface area contributed by atoms with Crippen LogP contribution in [0.3, 0.4) is 0 Å². The first-order chi connectivity index (χ1) is 8.66. The van der Waals surface area contributed by atoms with E-state index >= 15 is 0 Å². The van der Waals surface area contributed by atoms with Crippen molar-refractivity contribution in [3.63, 3.8) is 0 Å². The van der Waals surface area contributed by atoms with Gasteiger partial charge in [0.1, 0.15) is 6.10 Å². The molecule has 0 saturated carbocycles. The van der Waals surface area contributed by atoms with Crippen molar-refractivity contribution in [3.05, 3.63) is 42.1 Å². The van der Waals surface area contributed by atoms with Gasteiger partial charge in [0, 0.05) is 18.5 Å². The minimum atomic E-state index is -2.72. The highest BCUT2D eigenvalue weighted by Crippen LogP contribution is 2.11. The maximum atomic E-state index is 12.1. The predicted octanol–water partition coefficient (Wildman–Crippen LogP) is 1.95. The number of aliphatic hydroxyl groups is 1. The molecule has 1 aromatic heterocycles. The van der Waals surface area contributed by atoms with E-state index < -0.39 is 12.5 Å². The van der Waals surface area contributed by atoms with Crippen molar-refractivity contribution in [1.82, 2.24) is 10.3 Å². The summed E-state index contributed by atoms with van der Waals surface area (Å²) in [6.07, 6.45) is -4.35. The molecule has 96 valence electrons. The highest BCUT2D eigenvalue weighted by molar-refractivity contribution is 5.78. The average Bonchev–Trinajstić information content (AvgIpc) is 2.38. The van der Waals surface area contributed by atoms with Crippen molar-refractivity contribution < 1.29 is 13.9 Å². The molecular weight excluding hydrogens is 238 g/mol. The summed E-state index contributed by atoms with van der Waals surface area (Å²) in [6.45, 7) is 0.209. The zero-order valence-electron chi connectivity index (χ0n) is 9.68. The summed E-state index contributed by atoms with van der Waals surface area (Å²) >= 11 is 0. The lowest BCUT2D eigenvalue weighted by atomic mass is 10.2. The SMILES string of the molecule is OC(CNCc1ccc2ccccc2n1)C(F)F. The highest BCUT2D eigenvalue weighted by atomic mass is 19.3. The third kappa shape index (κ3) is 3.21. The summed E-state index contributed by atoms with van der Waals surface area (Å²) in [4.78, 5) is 4.39. The van der Waals surface area contributed by atoms with E-state index in [0.717, 1.165) is 16.6 Å². The van der Waals surface area contributed by atoms with Gasteiger partial charge in [-0.1, -0.05) is 24.3 Å². The molecule has 0 radical (unpaired) electrons. The van der Waals surface area contributed by atoms with Gasteiger partial charge >= 0.3 is 0 Å². The number of nitrogens with zero attached hydrogens (tertiary/aromatic N) is 1. The smallest absolute Gasteiger partial charge is 0.265 e. The van der Waals surface area contributed by atoms with Gasteiger partial charge in [0.25, 0.3) is 6.43 Å². The Labute approximate surface area is 103 Å². The third-order valence-electron chi connectivity index (χ3n) is 2.61. The fourth-order valence-electron chi connectivity index (χ4n) is 1.64. The molecule has 1 aromatic carbocycles. The van der Waals surface area contributed by atoms with Crippen LogP contribution in [0.1, 0.15) is 5.69 Å². The van der Waals surface area contributed by atoms with Crippen molar-refractivity contribution >= 4 is 10.9 Å². The molecule has 0 spiro atoms. The number of alkyl halides is 2. The first kappa shape index (κ1) is 12.9. The van der Waals surface area contributed by atoms with Crippen LogP contribution in [-0.4, -0.2) is 29.2 Å². The normalized spacial score (nSPS) is 13.1. The van der Waals surface area contributed by atoms with Gasteiger partial charge in [-0.15, -0.1) is 0 Å². The number of benzene rings is 1. The number of fused-ring (bicyclic) bond motifs is 1. The molecule has 1 unspecified atom stereocenters. The van der Waals surface area contributed by atoms with Crippen LogP contribution in [0, 0.1) is 0 Å². The minimum Gasteiger partial charge on any atom is -0.386 e. The second-order valence-electron chi connectivity index (χ2n) is 4.03. The Kier molecular flexibility index (Phi) is 4.17. The second kappa shape index (κ2) is 5.84. The number of hydrogen-bond donors (Lipinski definition) is 2. The molecule has 1 atom stereocenters. The Morgan fingerprint density at radius 2 is 1.94 bits per heavy atom. The first-order valence-electron chi connectivity index (χ1n) is 5.68. The molecule has 0 saturated heterocycles. The molecule has 3 nitrogen and oxygen atoms in total. The summed E-state index contributed by atoms with van der Waals surface area (Å²) in [5, 5.41) is 12.7. The summed E-state index contributed by atoms with van der Waals surface area (Å²) < 4.78 is 24.1. The van der Waals surface area contributed by atoms with Gasteiger partial charge in [-0.2, -0.15) is 0 Å². The average molecular weight is 252 g/mol. The van der Waals surface area contributed by atoms with Crippen LogP contribution in [-0.2, 0) is 6.54 Å². The Hall–Kier alpha value is -1.59. The van der Waals surface area contributed by atoms with E-state index in [4.69, 9.17) is 5.11 Å². The molecule has 0 fully saturated rings. The Morgan fingerprint density at radius 3 is 2.72 bits per heavy atom. The predicted molar refractivity (Wildman–Crippen MR) is 65.5 cm³/mol. The molecule has 1 heterocycles. The second-order valence-corrected chi connectivity index (χ2v) is 4.03. The molecule has 0 aliphatic rings. The topological polar surface area (TPSA) is 45.1 Å². The Balaban J connectivity index is 1.96. The lowest BCUT2D eigenvalue weighted by Crippen LogP contribution is -2.31. The highest BCUT2D eigenvalue weighted by Gasteiger charge is 2.15. The van der Waals surface area contributed by atoms with Crippen molar-refractivity contribution in [3.8, 4) is 0 Å². The molecular formula is C13H14F2N2O. The van der Waals surface area contributed by atoms with Crippen molar-refractivity contribution in [2.75, 3.05) is 6.54 Å². The molecule has 0 aliphatic carbocycles. The van der Waals surface area contributed by atoms with E-state index in [9.17, 15) is 8.78 Å².